The van der Waals surface area contributed by atoms with Gasteiger partial charge in [-0.15, -0.1) is 0 Å². The van der Waals surface area contributed by atoms with Crippen molar-refractivity contribution >= 4 is 5.91 Å². The minimum atomic E-state index is -2.55. The van der Waals surface area contributed by atoms with E-state index >= 15 is 0 Å². The zero-order chi connectivity index (χ0) is 13.7. The Morgan fingerprint density at radius 3 is 2.63 bits per heavy atom. The number of hydrogen-bond donors (Lipinski definition) is 2. The van der Waals surface area contributed by atoms with E-state index < -0.39 is 5.92 Å². The molecule has 2 N–H and O–H groups in total. The van der Waals surface area contributed by atoms with Gasteiger partial charge in [-0.25, -0.2) is 8.78 Å². The molecule has 2 fully saturated rings. The van der Waals surface area contributed by atoms with Gasteiger partial charge in [0.05, 0.1) is 0 Å². The Labute approximate surface area is 113 Å². The third-order valence-electron chi connectivity index (χ3n) is 4.34. The van der Waals surface area contributed by atoms with Crippen molar-refractivity contribution in [3.63, 3.8) is 0 Å². The van der Waals surface area contributed by atoms with Crippen LogP contribution in [-0.2, 0) is 4.79 Å². The van der Waals surface area contributed by atoms with Crippen LogP contribution in [0.2, 0.25) is 0 Å². The zero-order valence-electron chi connectivity index (χ0n) is 11.4. The monoisotopic (exact) mass is 274 g/mol. The average molecular weight is 274 g/mol. The number of nitrogens with one attached hydrogen (secondary N) is 2. The number of piperidine rings is 1. The lowest BCUT2D eigenvalue weighted by Crippen LogP contribution is -2.38. The van der Waals surface area contributed by atoms with Gasteiger partial charge in [-0.1, -0.05) is 0 Å². The first-order valence-corrected chi connectivity index (χ1v) is 7.43. The molecule has 1 saturated carbocycles. The first kappa shape index (κ1) is 14.7. The van der Waals surface area contributed by atoms with Crippen LogP contribution in [0.25, 0.3) is 0 Å². The molecule has 19 heavy (non-hydrogen) atoms. The second-order valence-corrected chi connectivity index (χ2v) is 5.92. The lowest BCUT2D eigenvalue weighted by Gasteiger charge is -2.28. The van der Waals surface area contributed by atoms with E-state index in [-0.39, 0.29) is 24.7 Å². The molecule has 0 aromatic carbocycles. The molecule has 0 spiro atoms. The maximum absolute atomic E-state index is 13.0. The Morgan fingerprint density at radius 1 is 1.26 bits per heavy atom. The summed E-state index contributed by atoms with van der Waals surface area (Å²) in [5.74, 6) is -2.14. The summed E-state index contributed by atoms with van der Waals surface area (Å²) in [5, 5.41) is 6.26. The smallest absolute Gasteiger partial charge is 0.248 e. The minimum absolute atomic E-state index is 0.0285. The van der Waals surface area contributed by atoms with Crippen LogP contribution >= 0.6 is 0 Å². The van der Waals surface area contributed by atoms with Gasteiger partial charge in [0.15, 0.2) is 0 Å². The highest BCUT2D eigenvalue weighted by atomic mass is 19.3. The second-order valence-electron chi connectivity index (χ2n) is 5.92. The number of carbonyl (C=O) groups excluding carboxylic acids is 1. The molecule has 2 aliphatic rings. The van der Waals surface area contributed by atoms with Crippen molar-refractivity contribution in [2.24, 2.45) is 11.8 Å². The maximum Gasteiger partial charge on any atom is 0.248 e. The van der Waals surface area contributed by atoms with Gasteiger partial charge < -0.3 is 10.6 Å². The zero-order valence-corrected chi connectivity index (χ0v) is 11.4. The molecule has 1 heterocycles. The molecule has 0 aromatic heterocycles. The van der Waals surface area contributed by atoms with Crippen molar-refractivity contribution < 1.29 is 13.6 Å². The fourth-order valence-electron chi connectivity index (χ4n) is 3.02. The Kier molecular flexibility index (Phi) is 5.13. The van der Waals surface area contributed by atoms with Gasteiger partial charge in [-0.05, 0) is 51.1 Å². The van der Waals surface area contributed by atoms with Crippen LogP contribution in [0.15, 0.2) is 0 Å². The van der Waals surface area contributed by atoms with Gasteiger partial charge in [0.2, 0.25) is 11.8 Å². The number of rotatable bonds is 4. The van der Waals surface area contributed by atoms with Gasteiger partial charge in [0.25, 0.3) is 0 Å². The molecule has 1 saturated heterocycles. The summed E-state index contributed by atoms with van der Waals surface area (Å²) < 4.78 is 26.0. The largest absolute Gasteiger partial charge is 0.356 e. The van der Waals surface area contributed by atoms with Gasteiger partial charge >= 0.3 is 0 Å². The molecular weight excluding hydrogens is 250 g/mol. The van der Waals surface area contributed by atoms with Crippen LogP contribution in [0.4, 0.5) is 8.78 Å². The Bertz CT molecular complexity index is 294. The van der Waals surface area contributed by atoms with Crippen LogP contribution < -0.4 is 10.6 Å². The lowest BCUT2D eigenvalue weighted by molar-refractivity contribution is -0.129. The van der Waals surface area contributed by atoms with Crippen molar-refractivity contribution in [1.82, 2.24) is 10.6 Å². The SMILES string of the molecule is O=C(NCCC1CCCNC1)C1CCC(F)(F)CC1. The van der Waals surface area contributed by atoms with E-state index in [0.717, 1.165) is 19.5 Å². The number of carbonyl (C=O) groups is 1. The summed E-state index contributed by atoms with van der Waals surface area (Å²) in [5.41, 5.74) is 0. The van der Waals surface area contributed by atoms with Gasteiger partial charge in [0.1, 0.15) is 0 Å². The molecule has 110 valence electrons. The summed E-state index contributed by atoms with van der Waals surface area (Å²) >= 11 is 0. The molecule has 1 unspecified atom stereocenters. The first-order chi connectivity index (χ1) is 9.07. The fraction of sp³-hybridized carbons (Fsp3) is 0.929. The van der Waals surface area contributed by atoms with E-state index in [9.17, 15) is 13.6 Å². The third kappa shape index (κ3) is 4.71. The Balaban J connectivity index is 1.62. The highest BCUT2D eigenvalue weighted by Gasteiger charge is 2.37. The number of alkyl halides is 2. The quantitative estimate of drug-likeness (QED) is 0.826. The molecule has 1 aliphatic carbocycles. The van der Waals surface area contributed by atoms with Crippen LogP contribution in [0.1, 0.15) is 44.9 Å². The molecule has 1 aliphatic heterocycles. The van der Waals surface area contributed by atoms with E-state index in [1.165, 1.54) is 12.8 Å². The highest BCUT2D eigenvalue weighted by molar-refractivity contribution is 5.78. The van der Waals surface area contributed by atoms with E-state index in [1.54, 1.807) is 0 Å². The first-order valence-electron chi connectivity index (χ1n) is 7.43. The third-order valence-corrected chi connectivity index (χ3v) is 4.34. The van der Waals surface area contributed by atoms with Crippen LogP contribution in [0, 0.1) is 11.8 Å². The molecule has 0 aromatic rings. The molecule has 3 nitrogen and oxygen atoms in total. The van der Waals surface area contributed by atoms with Gasteiger partial charge in [-0.3, -0.25) is 4.79 Å². The van der Waals surface area contributed by atoms with Gasteiger partial charge in [0, 0.05) is 25.3 Å². The molecule has 0 radical (unpaired) electrons. The number of halogens is 2. The van der Waals surface area contributed by atoms with Crippen LogP contribution in [0.5, 0.6) is 0 Å². The highest BCUT2D eigenvalue weighted by Crippen LogP contribution is 2.36. The summed E-state index contributed by atoms with van der Waals surface area (Å²) in [6.45, 7) is 2.81. The van der Waals surface area contributed by atoms with Gasteiger partial charge in [-0.2, -0.15) is 0 Å². The second kappa shape index (κ2) is 6.64. The summed E-state index contributed by atoms with van der Waals surface area (Å²) in [4.78, 5) is 11.9. The van der Waals surface area contributed by atoms with E-state index in [0.29, 0.717) is 25.3 Å². The topological polar surface area (TPSA) is 41.1 Å². The van der Waals surface area contributed by atoms with Crippen molar-refractivity contribution in [2.45, 2.75) is 50.9 Å². The van der Waals surface area contributed by atoms with Crippen LogP contribution in [-0.4, -0.2) is 31.5 Å². The van der Waals surface area contributed by atoms with Crippen molar-refractivity contribution in [1.29, 1.82) is 0 Å². The minimum Gasteiger partial charge on any atom is -0.356 e. The molecule has 1 amide bonds. The summed E-state index contributed by atoms with van der Waals surface area (Å²) in [7, 11) is 0. The van der Waals surface area contributed by atoms with E-state index in [1.807, 2.05) is 0 Å². The lowest BCUT2D eigenvalue weighted by atomic mass is 9.86. The number of amides is 1. The summed E-state index contributed by atoms with van der Waals surface area (Å²) in [6.07, 6.45) is 3.78. The normalized spacial score (nSPS) is 28.0. The molecule has 1 atom stereocenters. The maximum atomic E-state index is 13.0. The standard InChI is InChI=1S/C14H24F2N2O/c15-14(16)6-3-12(4-7-14)13(19)18-9-5-11-2-1-8-17-10-11/h11-12,17H,1-10H2,(H,18,19). The Hall–Kier alpha value is -0.710. The molecular formula is C14H24F2N2O. The predicted molar refractivity (Wildman–Crippen MR) is 70.1 cm³/mol. The van der Waals surface area contributed by atoms with Crippen molar-refractivity contribution in [2.75, 3.05) is 19.6 Å². The predicted octanol–water partition coefficient (Wildman–Crippen LogP) is 2.32. The van der Waals surface area contributed by atoms with E-state index in [4.69, 9.17) is 0 Å². The van der Waals surface area contributed by atoms with Crippen LogP contribution in [0.3, 0.4) is 0 Å². The average Bonchev–Trinajstić information content (AvgIpc) is 2.39. The summed E-state index contributed by atoms with van der Waals surface area (Å²) in [6, 6.07) is 0. The molecule has 5 heteroatoms. The fourth-order valence-corrected chi connectivity index (χ4v) is 3.02. The molecule has 2 rings (SSSR count). The Morgan fingerprint density at radius 2 is 2.00 bits per heavy atom. The van der Waals surface area contributed by atoms with E-state index in [2.05, 4.69) is 10.6 Å². The molecule has 0 bridgehead atoms. The number of hydrogen-bond acceptors (Lipinski definition) is 2. The van der Waals surface area contributed by atoms with Crippen molar-refractivity contribution in [3.05, 3.63) is 0 Å². The van der Waals surface area contributed by atoms with Crippen molar-refractivity contribution in [3.8, 4) is 0 Å².